The maximum Gasteiger partial charge on any atom is 0.315 e. The van der Waals surface area contributed by atoms with Crippen LogP contribution in [0.15, 0.2) is 10.6 Å². The zero-order valence-electron chi connectivity index (χ0n) is 9.33. The highest BCUT2D eigenvalue weighted by Crippen LogP contribution is 2.03. The van der Waals surface area contributed by atoms with Crippen molar-refractivity contribution in [2.24, 2.45) is 0 Å². The number of aryl methyl sites for hydroxylation is 1. The van der Waals surface area contributed by atoms with Gasteiger partial charge in [0.2, 0.25) is 5.89 Å². The van der Waals surface area contributed by atoms with E-state index in [1.807, 2.05) is 20.8 Å². The third-order valence-electron chi connectivity index (χ3n) is 1.77. The smallest absolute Gasteiger partial charge is 0.315 e. The summed E-state index contributed by atoms with van der Waals surface area (Å²) in [4.78, 5) is 15.2. The first kappa shape index (κ1) is 11.6. The molecule has 0 saturated carbocycles. The normalized spacial score (nSPS) is 10.4. The number of amides is 2. The molecule has 0 radical (unpaired) electrons. The molecule has 1 aromatic rings. The van der Waals surface area contributed by atoms with Gasteiger partial charge in [-0.25, -0.2) is 9.78 Å². The summed E-state index contributed by atoms with van der Waals surface area (Å²) < 4.78 is 5.33. The van der Waals surface area contributed by atoms with Crippen LogP contribution in [0.5, 0.6) is 0 Å². The van der Waals surface area contributed by atoms with Crippen LogP contribution in [0.3, 0.4) is 0 Å². The third kappa shape index (κ3) is 4.01. The molecule has 0 saturated heterocycles. The van der Waals surface area contributed by atoms with Gasteiger partial charge in [0.15, 0.2) is 0 Å². The minimum atomic E-state index is -0.207. The van der Waals surface area contributed by atoms with E-state index in [-0.39, 0.29) is 12.1 Å². The highest BCUT2D eigenvalue weighted by molar-refractivity contribution is 5.73. The van der Waals surface area contributed by atoms with Crippen molar-refractivity contribution < 1.29 is 9.21 Å². The van der Waals surface area contributed by atoms with E-state index in [0.29, 0.717) is 12.4 Å². The molecule has 0 spiro atoms. The Morgan fingerprint density at radius 1 is 1.60 bits per heavy atom. The molecule has 1 rings (SSSR count). The zero-order chi connectivity index (χ0) is 11.3. The zero-order valence-corrected chi connectivity index (χ0v) is 9.33. The van der Waals surface area contributed by atoms with Crippen molar-refractivity contribution in [1.29, 1.82) is 0 Å². The van der Waals surface area contributed by atoms with Crippen LogP contribution in [0.25, 0.3) is 0 Å². The molecule has 1 aromatic heterocycles. The Hall–Kier alpha value is -1.52. The van der Waals surface area contributed by atoms with E-state index in [1.54, 1.807) is 6.20 Å². The van der Waals surface area contributed by atoms with E-state index in [2.05, 4.69) is 15.6 Å². The van der Waals surface area contributed by atoms with Gasteiger partial charge in [-0.1, -0.05) is 6.92 Å². The van der Waals surface area contributed by atoms with Crippen molar-refractivity contribution in [3.8, 4) is 0 Å². The van der Waals surface area contributed by atoms with Gasteiger partial charge in [0.1, 0.15) is 5.76 Å². The number of hydrogen-bond acceptors (Lipinski definition) is 3. The van der Waals surface area contributed by atoms with Crippen molar-refractivity contribution in [3.63, 3.8) is 0 Å². The molecular formula is C10H17N3O2. The van der Waals surface area contributed by atoms with Crippen molar-refractivity contribution in [2.45, 2.75) is 39.8 Å². The summed E-state index contributed by atoms with van der Waals surface area (Å²) in [6.07, 6.45) is 2.49. The van der Waals surface area contributed by atoms with Gasteiger partial charge in [0.05, 0.1) is 12.7 Å². The second-order valence-corrected chi connectivity index (χ2v) is 3.56. The number of oxazole rings is 1. The summed E-state index contributed by atoms with van der Waals surface area (Å²) in [6.45, 7) is 6.11. The van der Waals surface area contributed by atoms with Gasteiger partial charge >= 0.3 is 6.03 Å². The number of carbonyl (C=O) groups excluding carboxylic acids is 1. The summed E-state index contributed by atoms with van der Waals surface area (Å²) in [5, 5.41) is 5.38. The average molecular weight is 211 g/mol. The Labute approximate surface area is 89.3 Å². The van der Waals surface area contributed by atoms with E-state index < -0.39 is 0 Å². The summed E-state index contributed by atoms with van der Waals surface area (Å²) in [5.41, 5.74) is 0. The molecule has 0 bridgehead atoms. The number of nitrogens with zero attached hydrogens (tertiary/aromatic N) is 1. The number of nitrogens with one attached hydrogen (secondary N) is 2. The van der Waals surface area contributed by atoms with Crippen LogP contribution >= 0.6 is 0 Å². The first-order valence-corrected chi connectivity index (χ1v) is 5.09. The second kappa shape index (κ2) is 5.38. The minimum Gasteiger partial charge on any atom is -0.444 e. The molecule has 15 heavy (non-hydrogen) atoms. The SMILES string of the molecule is CCc1cnc(CNC(=O)NC(C)C)o1. The fraction of sp³-hybridized carbons (Fsp3) is 0.600. The molecule has 0 fully saturated rings. The Morgan fingerprint density at radius 2 is 2.33 bits per heavy atom. The first-order chi connectivity index (χ1) is 7.11. The predicted molar refractivity (Wildman–Crippen MR) is 56.4 cm³/mol. The highest BCUT2D eigenvalue weighted by Gasteiger charge is 2.05. The second-order valence-electron chi connectivity index (χ2n) is 3.56. The summed E-state index contributed by atoms with van der Waals surface area (Å²) in [7, 11) is 0. The number of urea groups is 1. The predicted octanol–water partition coefficient (Wildman–Crippen LogP) is 1.44. The van der Waals surface area contributed by atoms with Gasteiger partial charge in [-0.05, 0) is 13.8 Å². The molecule has 1 heterocycles. The van der Waals surface area contributed by atoms with Crippen LogP contribution in [-0.2, 0) is 13.0 Å². The van der Waals surface area contributed by atoms with Gasteiger partial charge in [-0.2, -0.15) is 0 Å². The van der Waals surface area contributed by atoms with Gasteiger partial charge in [-0.3, -0.25) is 0 Å². The Kier molecular flexibility index (Phi) is 4.15. The van der Waals surface area contributed by atoms with E-state index in [4.69, 9.17) is 4.42 Å². The molecular weight excluding hydrogens is 194 g/mol. The Morgan fingerprint density at radius 3 is 2.87 bits per heavy atom. The molecule has 0 unspecified atom stereocenters. The molecule has 84 valence electrons. The monoisotopic (exact) mass is 211 g/mol. The molecule has 0 aromatic carbocycles. The number of aromatic nitrogens is 1. The lowest BCUT2D eigenvalue weighted by atomic mass is 10.4. The molecule has 5 heteroatoms. The Balaban J connectivity index is 2.33. The quantitative estimate of drug-likeness (QED) is 0.792. The van der Waals surface area contributed by atoms with Crippen LogP contribution in [0, 0.1) is 0 Å². The van der Waals surface area contributed by atoms with Gasteiger partial charge < -0.3 is 15.1 Å². The minimum absolute atomic E-state index is 0.126. The van der Waals surface area contributed by atoms with Crippen molar-refractivity contribution in [3.05, 3.63) is 17.8 Å². The fourth-order valence-electron chi connectivity index (χ4n) is 1.06. The number of carbonyl (C=O) groups is 1. The van der Waals surface area contributed by atoms with Crippen molar-refractivity contribution in [1.82, 2.24) is 15.6 Å². The van der Waals surface area contributed by atoms with Crippen LogP contribution in [0.2, 0.25) is 0 Å². The maximum absolute atomic E-state index is 11.2. The molecule has 0 aliphatic carbocycles. The fourth-order valence-corrected chi connectivity index (χ4v) is 1.06. The largest absolute Gasteiger partial charge is 0.444 e. The van der Waals surface area contributed by atoms with Crippen LogP contribution < -0.4 is 10.6 Å². The van der Waals surface area contributed by atoms with Gasteiger partial charge in [-0.15, -0.1) is 0 Å². The van der Waals surface area contributed by atoms with Crippen LogP contribution in [-0.4, -0.2) is 17.1 Å². The van der Waals surface area contributed by atoms with Crippen LogP contribution in [0.4, 0.5) is 4.79 Å². The molecule has 5 nitrogen and oxygen atoms in total. The molecule has 0 aliphatic heterocycles. The van der Waals surface area contributed by atoms with E-state index in [9.17, 15) is 4.79 Å². The van der Waals surface area contributed by atoms with Crippen LogP contribution in [0.1, 0.15) is 32.4 Å². The Bertz CT molecular complexity index is 320. The summed E-state index contributed by atoms with van der Waals surface area (Å²) in [5.74, 6) is 1.36. The van der Waals surface area contributed by atoms with Gasteiger partial charge in [0, 0.05) is 12.5 Å². The molecule has 0 aliphatic rings. The molecule has 0 atom stereocenters. The van der Waals surface area contributed by atoms with Gasteiger partial charge in [0.25, 0.3) is 0 Å². The lowest BCUT2D eigenvalue weighted by molar-refractivity contribution is 0.237. The average Bonchev–Trinajstić information content (AvgIpc) is 2.61. The molecule has 2 N–H and O–H groups in total. The summed E-state index contributed by atoms with van der Waals surface area (Å²) in [6, 6.07) is -0.0815. The number of rotatable bonds is 4. The van der Waals surface area contributed by atoms with Crippen molar-refractivity contribution in [2.75, 3.05) is 0 Å². The molecule has 2 amide bonds. The standard InChI is InChI=1S/C10H17N3O2/c1-4-8-5-11-9(15-8)6-12-10(14)13-7(2)3/h5,7H,4,6H2,1-3H3,(H2,12,13,14). The maximum atomic E-state index is 11.2. The summed E-state index contributed by atoms with van der Waals surface area (Å²) >= 11 is 0. The lowest BCUT2D eigenvalue weighted by Gasteiger charge is -2.08. The van der Waals surface area contributed by atoms with E-state index >= 15 is 0 Å². The van der Waals surface area contributed by atoms with E-state index in [1.165, 1.54) is 0 Å². The topological polar surface area (TPSA) is 67.2 Å². The third-order valence-corrected chi connectivity index (χ3v) is 1.77. The number of hydrogen-bond donors (Lipinski definition) is 2. The lowest BCUT2D eigenvalue weighted by Crippen LogP contribution is -2.39. The highest BCUT2D eigenvalue weighted by atomic mass is 16.4. The van der Waals surface area contributed by atoms with Crippen molar-refractivity contribution >= 4 is 6.03 Å². The first-order valence-electron chi connectivity index (χ1n) is 5.09. The van der Waals surface area contributed by atoms with E-state index in [0.717, 1.165) is 12.2 Å².